The van der Waals surface area contributed by atoms with Gasteiger partial charge in [-0.05, 0) is 19.1 Å². The van der Waals surface area contributed by atoms with E-state index in [0.29, 0.717) is 6.61 Å². The molecule has 0 aliphatic heterocycles. The van der Waals surface area contributed by atoms with Crippen LogP contribution in [-0.2, 0) is 11.3 Å². The molecule has 1 N–H and O–H groups in total. The van der Waals surface area contributed by atoms with Crippen LogP contribution in [-0.4, -0.2) is 16.6 Å². The molecular weight excluding hydrogens is 254 g/mol. The van der Waals surface area contributed by atoms with Crippen molar-refractivity contribution in [2.24, 2.45) is 0 Å². The van der Waals surface area contributed by atoms with Gasteiger partial charge in [0, 0.05) is 12.7 Å². The molecule has 0 spiro atoms. The number of aromatic amines is 1. The Hall–Kier alpha value is -2.08. The Balaban J connectivity index is 2.50. The van der Waals surface area contributed by atoms with E-state index in [0.717, 1.165) is 18.2 Å². The number of hydrogen-bond acceptors (Lipinski definition) is 3. The van der Waals surface area contributed by atoms with Gasteiger partial charge < -0.3 is 9.72 Å². The number of ether oxygens (including phenoxy) is 1. The molecule has 0 atom stereocenters. The lowest BCUT2D eigenvalue weighted by Crippen LogP contribution is -2.13. The van der Waals surface area contributed by atoms with Crippen molar-refractivity contribution < 1.29 is 13.5 Å². The first-order valence-electron chi connectivity index (χ1n) is 5.74. The van der Waals surface area contributed by atoms with Crippen LogP contribution in [0.25, 0.3) is 11.3 Å². The number of halogens is 2. The minimum Gasteiger partial charge on any atom is -0.374 e. The Morgan fingerprint density at radius 2 is 2.00 bits per heavy atom. The van der Waals surface area contributed by atoms with E-state index in [-0.39, 0.29) is 23.7 Å². The second kappa shape index (κ2) is 5.71. The van der Waals surface area contributed by atoms with Gasteiger partial charge in [0.15, 0.2) is 0 Å². The lowest BCUT2D eigenvalue weighted by Gasteiger charge is -2.06. The number of rotatable bonds is 4. The van der Waals surface area contributed by atoms with Crippen LogP contribution in [0.5, 0.6) is 0 Å². The first-order chi connectivity index (χ1) is 9.11. The summed E-state index contributed by atoms with van der Waals surface area (Å²) < 4.78 is 32.4. The number of H-pyrrole nitrogens is 1. The van der Waals surface area contributed by atoms with E-state index in [1.165, 1.54) is 6.07 Å². The topological polar surface area (TPSA) is 55.0 Å². The van der Waals surface area contributed by atoms with Crippen molar-refractivity contribution in [3.63, 3.8) is 0 Å². The minimum atomic E-state index is -0.763. The zero-order chi connectivity index (χ0) is 13.8. The van der Waals surface area contributed by atoms with E-state index < -0.39 is 17.2 Å². The van der Waals surface area contributed by atoms with Gasteiger partial charge >= 0.3 is 0 Å². The van der Waals surface area contributed by atoms with E-state index in [1.54, 1.807) is 6.92 Å². The largest absolute Gasteiger partial charge is 0.374 e. The molecule has 2 aromatic rings. The Morgan fingerprint density at radius 3 is 2.63 bits per heavy atom. The fraction of sp³-hybridized carbons (Fsp3) is 0.231. The fourth-order valence-corrected chi connectivity index (χ4v) is 1.65. The summed E-state index contributed by atoms with van der Waals surface area (Å²) in [5, 5.41) is 0. The van der Waals surface area contributed by atoms with Gasteiger partial charge in [0.25, 0.3) is 5.56 Å². The smallest absolute Gasteiger partial charge is 0.251 e. The summed E-state index contributed by atoms with van der Waals surface area (Å²) in [6.07, 6.45) is 0. The van der Waals surface area contributed by atoms with Crippen LogP contribution in [0.3, 0.4) is 0 Å². The molecule has 6 heteroatoms. The maximum Gasteiger partial charge on any atom is 0.251 e. The van der Waals surface area contributed by atoms with Crippen LogP contribution < -0.4 is 5.56 Å². The van der Waals surface area contributed by atoms with Gasteiger partial charge in [0.2, 0.25) is 0 Å². The van der Waals surface area contributed by atoms with E-state index in [9.17, 15) is 13.6 Å². The molecule has 0 aliphatic rings. The first-order valence-corrected chi connectivity index (χ1v) is 5.74. The molecule has 4 nitrogen and oxygen atoms in total. The monoisotopic (exact) mass is 266 g/mol. The van der Waals surface area contributed by atoms with Crippen molar-refractivity contribution in [3.8, 4) is 11.3 Å². The normalized spacial score (nSPS) is 10.7. The van der Waals surface area contributed by atoms with E-state index in [4.69, 9.17) is 4.74 Å². The molecule has 0 saturated carbocycles. The highest BCUT2D eigenvalue weighted by Crippen LogP contribution is 2.23. The van der Waals surface area contributed by atoms with Crippen molar-refractivity contribution in [2.75, 3.05) is 6.61 Å². The molecule has 0 saturated heterocycles. The summed E-state index contributed by atoms with van der Waals surface area (Å²) >= 11 is 0. The standard InChI is InChI=1S/C13H12F2N2O2/c1-2-19-7-11-16-10(6-12(18)17-11)13-8(14)4-3-5-9(13)15/h3-6H,2,7H2,1H3,(H,16,17,18). The third-order valence-electron chi connectivity index (χ3n) is 2.45. The third-order valence-corrected chi connectivity index (χ3v) is 2.45. The number of benzene rings is 1. The van der Waals surface area contributed by atoms with Crippen molar-refractivity contribution in [2.45, 2.75) is 13.5 Å². The van der Waals surface area contributed by atoms with Crippen molar-refractivity contribution in [1.29, 1.82) is 0 Å². The van der Waals surface area contributed by atoms with Crippen LogP contribution in [0.2, 0.25) is 0 Å². The highest BCUT2D eigenvalue weighted by atomic mass is 19.1. The van der Waals surface area contributed by atoms with Crippen molar-refractivity contribution in [3.05, 3.63) is 52.1 Å². The van der Waals surface area contributed by atoms with Crippen molar-refractivity contribution >= 4 is 0 Å². The number of aromatic nitrogens is 2. The molecule has 1 heterocycles. The highest BCUT2D eigenvalue weighted by Gasteiger charge is 2.13. The molecule has 19 heavy (non-hydrogen) atoms. The zero-order valence-corrected chi connectivity index (χ0v) is 10.2. The summed E-state index contributed by atoms with van der Waals surface area (Å²) in [5.74, 6) is -1.30. The third kappa shape index (κ3) is 3.03. The van der Waals surface area contributed by atoms with Crippen molar-refractivity contribution in [1.82, 2.24) is 9.97 Å². The SMILES string of the molecule is CCOCc1nc(-c2c(F)cccc2F)cc(=O)[nH]1. The number of nitrogens with zero attached hydrogens (tertiary/aromatic N) is 1. The molecule has 0 amide bonds. The van der Waals surface area contributed by atoms with Crippen LogP contribution in [0.4, 0.5) is 8.78 Å². The van der Waals surface area contributed by atoms with Gasteiger partial charge in [-0.15, -0.1) is 0 Å². The molecule has 0 aliphatic carbocycles. The Labute approximate surface area is 108 Å². The molecule has 100 valence electrons. The Morgan fingerprint density at radius 1 is 1.32 bits per heavy atom. The highest BCUT2D eigenvalue weighted by molar-refractivity contribution is 5.60. The maximum absolute atomic E-state index is 13.6. The molecule has 0 fully saturated rings. The molecule has 1 aromatic heterocycles. The van der Waals surface area contributed by atoms with Crippen LogP contribution in [0, 0.1) is 11.6 Å². The second-order valence-electron chi connectivity index (χ2n) is 3.81. The molecule has 2 rings (SSSR count). The fourth-order valence-electron chi connectivity index (χ4n) is 1.65. The van der Waals surface area contributed by atoms with Gasteiger partial charge in [0.1, 0.15) is 24.1 Å². The van der Waals surface area contributed by atoms with Gasteiger partial charge in [-0.2, -0.15) is 0 Å². The zero-order valence-electron chi connectivity index (χ0n) is 10.2. The Bertz CT molecular complexity index is 621. The molecule has 0 bridgehead atoms. The summed E-state index contributed by atoms with van der Waals surface area (Å²) in [7, 11) is 0. The summed E-state index contributed by atoms with van der Waals surface area (Å²) in [4.78, 5) is 17.9. The van der Waals surface area contributed by atoms with E-state index in [2.05, 4.69) is 9.97 Å². The Kier molecular flexibility index (Phi) is 4.01. The van der Waals surface area contributed by atoms with Crippen LogP contribution in [0.1, 0.15) is 12.7 Å². The predicted octanol–water partition coefficient (Wildman–Crippen LogP) is 2.25. The minimum absolute atomic E-state index is 0.0472. The van der Waals surface area contributed by atoms with Gasteiger partial charge in [-0.25, -0.2) is 13.8 Å². The van der Waals surface area contributed by atoms with E-state index in [1.807, 2.05) is 0 Å². The number of hydrogen-bond donors (Lipinski definition) is 1. The average Bonchev–Trinajstić information content (AvgIpc) is 2.35. The molecule has 1 aromatic carbocycles. The predicted molar refractivity (Wildman–Crippen MR) is 65.5 cm³/mol. The quantitative estimate of drug-likeness (QED) is 0.923. The average molecular weight is 266 g/mol. The second-order valence-corrected chi connectivity index (χ2v) is 3.81. The lowest BCUT2D eigenvalue weighted by atomic mass is 10.1. The first kappa shape index (κ1) is 13.4. The summed E-state index contributed by atoms with van der Waals surface area (Å²) in [6, 6.07) is 4.53. The number of nitrogens with one attached hydrogen (secondary N) is 1. The molecular formula is C13H12F2N2O2. The van der Waals surface area contributed by atoms with Gasteiger partial charge in [0.05, 0.1) is 11.3 Å². The molecule has 0 radical (unpaired) electrons. The van der Waals surface area contributed by atoms with Gasteiger partial charge in [-0.1, -0.05) is 6.07 Å². The van der Waals surface area contributed by atoms with Crippen LogP contribution in [0.15, 0.2) is 29.1 Å². The summed E-state index contributed by atoms with van der Waals surface area (Å²) in [6.45, 7) is 2.32. The summed E-state index contributed by atoms with van der Waals surface area (Å²) in [5.41, 5.74) is -0.845. The van der Waals surface area contributed by atoms with Gasteiger partial charge in [-0.3, -0.25) is 4.79 Å². The molecule has 0 unspecified atom stereocenters. The maximum atomic E-state index is 13.6. The lowest BCUT2D eigenvalue weighted by molar-refractivity contribution is 0.128. The van der Waals surface area contributed by atoms with E-state index >= 15 is 0 Å². The van der Waals surface area contributed by atoms with Crippen LogP contribution >= 0.6 is 0 Å².